The Morgan fingerprint density at radius 3 is 2.28 bits per heavy atom. The number of sulfonamides is 1. The van der Waals surface area contributed by atoms with Gasteiger partial charge in [-0.1, -0.05) is 30.3 Å². The molecule has 0 saturated heterocycles. The lowest BCUT2D eigenvalue weighted by Gasteiger charge is -2.21. The predicted molar refractivity (Wildman–Crippen MR) is 87.3 cm³/mol. The van der Waals surface area contributed by atoms with Crippen LogP contribution in [-0.4, -0.2) is 20.1 Å². The summed E-state index contributed by atoms with van der Waals surface area (Å²) in [6, 6.07) is 11.2. The van der Waals surface area contributed by atoms with E-state index in [9.17, 15) is 26.7 Å². The van der Waals surface area contributed by atoms with Gasteiger partial charge in [-0.15, -0.1) is 0 Å². The zero-order valence-corrected chi connectivity index (χ0v) is 13.8. The average Bonchev–Trinajstić information content (AvgIpc) is 2.53. The summed E-state index contributed by atoms with van der Waals surface area (Å²) in [5, 5.41) is 16.9. The second-order valence-electron chi connectivity index (χ2n) is 5.37. The molecule has 136 valence electrons. The van der Waals surface area contributed by atoms with Crippen molar-refractivity contribution in [2.24, 2.45) is 5.14 Å². The van der Waals surface area contributed by atoms with Gasteiger partial charge < -0.3 is 10.4 Å². The maximum Gasteiger partial charge on any atom is 0.417 e. The zero-order valence-electron chi connectivity index (χ0n) is 13.0. The van der Waals surface area contributed by atoms with Crippen LogP contribution in [0, 0.1) is 0 Å². The van der Waals surface area contributed by atoms with Crippen LogP contribution in [0.15, 0.2) is 53.4 Å². The molecule has 5 nitrogen and oxygen atoms in total. The van der Waals surface area contributed by atoms with E-state index >= 15 is 0 Å². The third-order valence-electron chi connectivity index (χ3n) is 3.55. The van der Waals surface area contributed by atoms with Crippen molar-refractivity contribution in [3.05, 3.63) is 59.7 Å². The van der Waals surface area contributed by atoms with E-state index in [-0.39, 0.29) is 18.7 Å². The number of primary sulfonamides is 1. The lowest BCUT2D eigenvalue weighted by molar-refractivity contribution is -0.139. The van der Waals surface area contributed by atoms with E-state index in [4.69, 9.17) is 5.14 Å². The third-order valence-corrected chi connectivity index (χ3v) is 4.52. The molecule has 2 aromatic rings. The van der Waals surface area contributed by atoms with E-state index < -0.39 is 32.7 Å². The zero-order chi connectivity index (χ0) is 18.7. The van der Waals surface area contributed by atoms with Crippen LogP contribution in [0.1, 0.15) is 23.6 Å². The summed E-state index contributed by atoms with van der Waals surface area (Å²) in [5.74, 6) is 0. The van der Waals surface area contributed by atoms with Gasteiger partial charge in [0, 0.05) is 12.3 Å². The molecule has 0 spiro atoms. The Morgan fingerprint density at radius 1 is 1.12 bits per heavy atom. The molecule has 2 rings (SSSR count). The number of rotatable bonds is 6. The number of alkyl halides is 3. The summed E-state index contributed by atoms with van der Waals surface area (Å²) in [6.45, 7) is -0.173. The molecule has 1 atom stereocenters. The van der Waals surface area contributed by atoms with Gasteiger partial charge in [-0.2, -0.15) is 13.2 Å². The summed E-state index contributed by atoms with van der Waals surface area (Å²) >= 11 is 0. The number of aliphatic hydroxyl groups excluding tert-OH is 1. The van der Waals surface area contributed by atoms with E-state index in [1.807, 2.05) is 0 Å². The van der Waals surface area contributed by atoms with Crippen LogP contribution in [0.4, 0.5) is 18.9 Å². The number of halogens is 3. The lowest BCUT2D eigenvalue weighted by Crippen LogP contribution is -2.20. The normalized spacial score (nSPS) is 13.5. The Bertz CT molecular complexity index is 824. The van der Waals surface area contributed by atoms with Crippen LogP contribution < -0.4 is 10.5 Å². The van der Waals surface area contributed by atoms with Crippen LogP contribution in [0.5, 0.6) is 0 Å². The number of hydrogen-bond acceptors (Lipinski definition) is 4. The van der Waals surface area contributed by atoms with Gasteiger partial charge in [-0.3, -0.25) is 0 Å². The Morgan fingerprint density at radius 2 is 1.76 bits per heavy atom. The Balaban J connectivity index is 2.42. The monoisotopic (exact) mass is 374 g/mol. The number of nitrogens with two attached hydrogens (primary N) is 1. The SMILES string of the molecule is NS(=O)(=O)c1ccc(N[C@@H](CCO)c2ccccc2)cc1C(F)(F)F. The molecule has 0 heterocycles. The molecule has 25 heavy (non-hydrogen) atoms. The number of benzene rings is 2. The van der Waals surface area contributed by atoms with E-state index in [0.29, 0.717) is 6.07 Å². The quantitative estimate of drug-likeness (QED) is 0.725. The van der Waals surface area contributed by atoms with Crippen molar-refractivity contribution >= 4 is 15.7 Å². The van der Waals surface area contributed by atoms with Gasteiger partial charge in [0.2, 0.25) is 10.0 Å². The number of nitrogens with one attached hydrogen (secondary N) is 1. The molecule has 0 bridgehead atoms. The molecule has 0 radical (unpaired) electrons. The highest BCUT2D eigenvalue weighted by Gasteiger charge is 2.36. The highest BCUT2D eigenvalue weighted by molar-refractivity contribution is 7.89. The molecule has 0 saturated carbocycles. The van der Waals surface area contributed by atoms with Crippen molar-refractivity contribution in [1.29, 1.82) is 0 Å². The molecule has 2 aromatic carbocycles. The second-order valence-corrected chi connectivity index (χ2v) is 6.90. The van der Waals surface area contributed by atoms with Gasteiger partial charge in [-0.05, 0) is 30.2 Å². The van der Waals surface area contributed by atoms with Crippen LogP contribution in [0.3, 0.4) is 0 Å². The summed E-state index contributed by atoms with van der Waals surface area (Å²) in [4.78, 5) is -0.982. The van der Waals surface area contributed by atoms with Crippen LogP contribution >= 0.6 is 0 Å². The van der Waals surface area contributed by atoms with Gasteiger partial charge in [0.1, 0.15) is 0 Å². The number of aliphatic hydroxyl groups is 1. The van der Waals surface area contributed by atoms with Crippen LogP contribution in [-0.2, 0) is 16.2 Å². The van der Waals surface area contributed by atoms with Gasteiger partial charge in [0.15, 0.2) is 0 Å². The predicted octanol–water partition coefficient (Wildman–Crippen LogP) is 2.89. The Hall–Kier alpha value is -2.10. The van der Waals surface area contributed by atoms with Crippen molar-refractivity contribution in [1.82, 2.24) is 0 Å². The Labute approximate surface area is 143 Å². The maximum absolute atomic E-state index is 13.2. The largest absolute Gasteiger partial charge is 0.417 e. The first kappa shape index (κ1) is 19.2. The van der Waals surface area contributed by atoms with E-state index in [1.165, 1.54) is 6.07 Å². The smallest absolute Gasteiger partial charge is 0.396 e. The molecule has 0 fully saturated rings. The molecule has 0 aliphatic rings. The van der Waals surface area contributed by atoms with Gasteiger partial charge in [0.05, 0.1) is 16.5 Å². The molecule has 0 aliphatic heterocycles. The molecule has 0 unspecified atom stereocenters. The minimum atomic E-state index is -4.88. The summed E-state index contributed by atoms with van der Waals surface area (Å²) < 4.78 is 62.3. The number of hydrogen-bond donors (Lipinski definition) is 3. The highest BCUT2D eigenvalue weighted by atomic mass is 32.2. The molecule has 9 heteroatoms. The Kier molecular flexibility index (Phi) is 5.71. The fourth-order valence-corrected chi connectivity index (χ4v) is 3.17. The van der Waals surface area contributed by atoms with E-state index in [0.717, 1.165) is 11.6 Å². The lowest BCUT2D eigenvalue weighted by atomic mass is 10.0. The van der Waals surface area contributed by atoms with Crippen molar-refractivity contribution in [3.8, 4) is 0 Å². The molecule has 4 N–H and O–H groups in total. The first-order chi connectivity index (χ1) is 11.6. The fourth-order valence-electron chi connectivity index (χ4n) is 2.43. The fraction of sp³-hybridized carbons (Fsp3) is 0.250. The third kappa shape index (κ3) is 4.94. The standard InChI is InChI=1S/C16H17F3N2O3S/c17-16(18,19)13-10-12(6-7-15(13)25(20,23)24)21-14(8-9-22)11-4-2-1-3-5-11/h1-7,10,14,21-22H,8-9H2,(H2,20,23,24)/t14-/m0/s1. The van der Waals surface area contributed by atoms with Crippen LogP contribution in [0.25, 0.3) is 0 Å². The van der Waals surface area contributed by atoms with Gasteiger partial charge >= 0.3 is 6.18 Å². The van der Waals surface area contributed by atoms with Crippen molar-refractivity contribution in [2.75, 3.05) is 11.9 Å². The van der Waals surface area contributed by atoms with Crippen LogP contribution in [0.2, 0.25) is 0 Å². The summed E-state index contributed by atoms with van der Waals surface area (Å²) in [6.07, 6.45) is -4.61. The summed E-state index contributed by atoms with van der Waals surface area (Å²) in [5.41, 5.74) is -0.488. The summed E-state index contributed by atoms with van der Waals surface area (Å²) in [7, 11) is -4.51. The van der Waals surface area contributed by atoms with Crippen molar-refractivity contribution in [3.63, 3.8) is 0 Å². The van der Waals surface area contributed by atoms with Gasteiger partial charge in [-0.25, -0.2) is 13.6 Å². The molecule has 0 amide bonds. The average molecular weight is 374 g/mol. The van der Waals surface area contributed by atoms with Crippen molar-refractivity contribution in [2.45, 2.75) is 23.5 Å². The van der Waals surface area contributed by atoms with E-state index in [2.05, 4.69) is 5.32 Å². The second kappa shape index (κ2) is 7.42. The maximum atomic E-state index is 13.2. The highest BCUT2D eigenvalue weighted by Crippen LogP contribution is 2.36. The first-order valence-electron chi connectivity index (χ1n) is 7.29. The minimum absolute atomic E-state index is 0.0713. The first-order valence-corrected chi connectivity index (χ1v) is 8.84. The molecular weight excluding hydrogens is 357 g/mol. The molecule has 0 aliphatic carbocycles. The van der Waals surface area contributed by atoms with E-state index in [1.54, 1.807) is 30.3 Å². The van der Waals surface area contributed by atoms with Crippen molar-refractivity contribution < 1.29 is 26.7 Å². The minimum Gasteiger partial charge on any atom is -0.396 e. The van der Waals surface area contributed by atoms with Gasteiger partial charge in [0.25, 0.3) is 0 Å². The topological polar surface area (TPSA) is 92.4 Å². The molecule has 0 aromatic heterocycles. The molecular formula is C16H17F3N2O3S. The number of anilines is 1.